The molecule has 0 spiro atoms. The average Bonchev–Trinajstić information content (AvgIpc) is 2.23. The normalized spacial score (nSPS) is 10.4. The molecule has 0 radical (unpaired) electrons. The van der Waals surface area contributed by atoms with Gasteiger partial charge in [0.1, 0.15) is 0 Å². The number of methoxy groups -OCH3 is 1. The molecule has 0 saturated heterocycles. The maximum Gasteiger partial charge on any atom is 0.387 e. The van der Waals surface area contributed by atoms with Crippen molar-refractivity contribution in [3.63, 3.8) is 0 Å². The minimum atomic E-state index is -3.13. The highest BCUT2D eigenvalue weighted by atomic mass is 79.9. The number of halogens is 4. The van der Waals surface area contributed by atoms with E-state index in [1.54, 1.807) is 0 Å². The summed E-state index contributed by atoms with van der Waals surface area (Å²) in [7, 11) is 1.12. The molecule has 0 saturated carbocycles. The lowest BCUT2D eigenvalue weighted by Gasteiger charge is -2.09. The third-order valence-corrected chi connectivity index (χ3v) is 2.44. The average molecular weight is 299 g/mol. The van der Waals surface area contributed by atoms with E-state index in [1.807, 2.05) is 0 Å². The second kappa shape index (κ2) is 5.20. The fraction of sp³-hybridized carbons (Fsp3) is 0.222. The number of alkyl halides is 2. The third-order valence-electron chi connectivity index (χ3n) is 1.67. The van der Waals surface area contributed by atoms with Gasteiger partial charge in [-0.2, -0.15) is 8.78 Å². The van der Waals surface area contributed by atoms with Gasteiger partial charge in [0.15, 0.2) is 11.6 Å². The van der Waals surface area contributed by atoms with Crippen LogP contribution in [0.5, 0.6) is 5.75 Å². The van der Waals surface area contributed by atoms with E-state index in [1.165, 1.54) is 0 Å². The summed E-state index contributed by atoms with van der Waals surface area (Å²) in [6, 6.07) is 2.05. The van der Waals surface area contributed by atoms with Crippen LogP contribution in [0.3, 0.4) is 0 Å². The highest BCUT2D eigenvalue weighted by molar-refractivity contribution is 9.10. The molecule has 88 valence electrons. The molecule has 1 rings (SSSR count). The summed E-state index contributed by atoms with van der Waals surface area (Å²) in [4.78, 5) is 11.1. The van der Waals surface area contributed by atoms with Crippen LogP contribution >= 0.6 is 15.9 Å². The van der Waals surface area contributed by atoms with Gasteiger partial charge in [-0.1, -0.05) is 0 Å². The summed E-state index contributed by atoms with van der Waals surface area (Å²) in [6.07, 6.45) is 0. The van der Waals surface area contributed by atoms with Gasteiger partial charge in [0.2, 0.25) is 0 Å². The number of ether oxygens (including phenoxy) is 2. The Kier molecular flexibility index (Phi) is 4.17. The molecule has 0 unspecified atom stereocenters. The van der Waals surface area contributed by atoms with Gasteiger partial charge < -0.3 is 9.47 Å². The smallest absolute Gasteiger partial charge is 0.387 e. The number of hydrogen-bond acceptors (Lipinski definition) is 3. The van der Waals surface area contributed by atoms with E-state index in [9.17, 15) is 18.0 Å². The fourth-order valence-corrected chi connectivity index (χ4v) is 1.48. The molecular formula is C9H6BrF3O3. The zero-order chi connectivity index (χ0) is 12.3. The lowest BCUT2D eigenvalue weighted by atomic mass is 10.2. The molecule has 16 heavy (non-hydrogen) atoms. The molecular weight excluding hydrogens is 293 g/mol. The van der Waals surface area contributed by atoms with Crippen molar-refractivity contribution in [3.8, 4) is 5.75 Å². The molecule has 0 heterocycles. The van der Waals surface area contributed by atoms with Gasteiger partial charge in [-0.15, -0.1) is 0 Å². The molecule has 0 N–H and O–H groups in total. The first-order valence-electron chi connectivity index (χ1n) is 3.98. The van der Waals surface area contributed by atoms with Gasteiger partial charge in [-0.3, -0.25) is 0 Å². The Balaban J connectivity index is 3.13. The first-order chi connectivity index (χ1) is 7.47. The maximum atomic E-state index is 13.4. The van der Waals surface area contributed by atoms with Gasteiger partial charge in [0, 0.05) is 0 Å². The van der Waals surface area contributed by atoms with Crippen LogP contribution in [-0.2, 0) is 4.74 Å². The minimum Gasteiger partial charge on any atom is -0.465 e. The molecule has 0 fully saturated rings. The standard InChI is InChI=1S/C9H6BrF3O3/c1-15-8(14)4-2-3-5(16-9(12)13)7(11)6(4)10/h2-3,9H,1H3. The fourth-order valence-electron chi connectivity index (χ4n) is 0.986. The monoisotopic (exact) mass is 298 g/mol. The molecule has 0 bridgehead atoms. The Morgan fingerprint density at radius 3 is 2.56 bits per heavy atom. The van der Waals surface area contributed by atoms with Crippen LogP contribution in [0.4, 0.5) is 13.2 Å². The lowest BCUT2D eigenvalue weighted by Crippen LogP contribution is -2.07. The molecule has 0 aliphatic heterocycles. The number of carbonyl (C=O) groups is 1. The zero-order valence-electron chi connectivity index (χ0n) is 7.97. The summed E-state index contributed by atoms with van der Waals surface area (Å²) in [5.41, 5.74) is -0.110. The Morgan fingerprint density at radius 2 is 2.06 bits per heavy atom. The van der Waals surface area contributed by atoms with Crippen LogP contribution in [0.15, 0.2) is 16.6 Å². The number of hydrogen-bond donors (Lipinski definition) is 0. The number of benzene rings is 1. The van der Waals surface area contributed by atoms with E-state index in [-0.39, 0.29) is 10.0 Å². The Morgan fingerprint density at radius 1 is 1.44 bits per heavy atom. The van der Waals surface area contributed by atoms with Crippen LogP contribution in [0.2, 0.25) is 0 Å². The third kappa shape index (κ3) is 2.66. The quantitative estimate of drug-likeness (QED) is 0.805. The van der Waals surface area contributed by atoms with Crippen LogP contribution in [0.25, 0.3) is 0 Å². The van der Waals surface area contributed by atoms with Crippen molar-refractivity contribution in [2.75, 3.05) is 7.11 Å². The summed E-state index contributed by atoms with van der Waals surface area (Å²) in [5.74, 6) is -2.51. The topological polar surface area (TPSA) is 35.5 Å². The van der Waals surface area contributed by atoms with Crippen molar-refractivity contribution in [1.82, 2.24) is 0 Å². The second-order valence-corrected chi connectivity index (χ2v) is 3.40. The molecule has 0 aliphatic carbocycles. The Hall–Kier alpha value is -1.24. The van der Waals surface area contributed by atoms with Crippen molar-refractivity contribution in [3.05, 3.63) is 28.0 Å². The molecule has 1 aromatic rings. The molecule has 3 nitrogen and oxygen atoms in total. The van der Waals surface area contributed by atoms with Crippen LogP contribution < -0.4 is 4.74 Å². The molecule has 0 atom stereocenters. The van der Waals surface area contributed by atoms with Crippen molar-refractivity contribution in [1.29, 1.82) is 0 Å². The lowest BCUT2D eigenvalue weighted by molar-refractivity contribution is -0.0522. The highest BCUT2D eigenvalue weighted by Crippen LogP contribution is 2.29. The van der Waals surface area contributed by atoms with E-state index in [0.29, 0.717) is 0 Å². The summed E-state index contributed by atoms with van der Waals surface area (Å²) < 4.78 is 45.1. The van der Waals surface area contributed by atoms with E-state index in [4.69, 9.17) is 0 Å². The predicted molar refractivity (Wildman–Crippen MR) is 52.1 cm³/mol. The summed E-state index contributed by atoms with van der Waals surface area (Å²) >= 11 is 2.76. The first-order valence-corrected chi connectivity index (χ1v) is 4.77. The summed E-state index contributed by atoms with van der Waals surface area (Å²) in [5, 5.41) is 0. The molecule has 7 heteroatoms. The Labute approximate surface area is 97.3 Å². The number of rotatable bonds is 3. The van der Waals surface area contributed by atoms with Crippen molar-refractivity contribution in [2.45, 2.75) is 6.61 Å². The predicted octanol–water partition coefficient (Wildman–Crippen LogP) is 2.98. The zero-order valence-corrected chi connectivity index (χ0v) is 9.55. The number of esters is 1. The first kappa shape index (κ1) is 12.8. The highest BCUT2D eigenvalue weighted by Gasteiger charge is 2.19. The van der Waals surface area contributed by atoms with Gasteiger partial charge in [-0.05, 0) is 28.1 Å². The van der Waals surface area contributed by atoms with Crippen LogP contribution in [-0.4, -0.2) is 19.7 Å². The Bertz CT molecular complexity index is 409. The van der Waals surface area contributed by atoms with E-state index >= 15 is 0 Å². The molecule has 0 aromatic heterocycles. The van der Waals surface area contributed by atoms with E-state index < -0.39 is 24.1 Å². The van der Waals surface area contributed by atoms with E-state index in [0.717, 1.165) is 19.2 Å². The van der Waals surface area contributed by atoms with Crippen LogP contribution in [0, 0.1) is 5.82 Å². The number of carbonyl (C=O) groups excluding carboxylic acids is 1. The van der Waals surface area contributed by atoms with E-state index in [2.05, 4.69) is 25.4 Å². The largest absolute Gasteiger partial charge is 0.465 e. The van der Waals surface area contributed by atoms with Gasteiger partial charge in [0.25, 0.3) is 0 Å². The van der Waals surface area contributed by atoms with Crippen molar-refractivity contribution < 1.29 is 27.4 Å². The SMILES string of the molecule is COC(=O)c1ccc(OC(F)F)c(F)c1Br. The molecule has 0 aliphatic rings. The summed E-state index contributed by atoms with van der Waals surface area (Å²) in [6.45, 7) is -3.13. The van der Waals surface area contributed by atoms with Crippen LogP contribution in [0.1, 0.15) is 10.4 Å². The second-order valence-electron chi connectivity index (χ2n) is 2.61. The van der Waals surface area contributed by atoms with Gasteiger partial charge in [-0.25, -0.2) is 9.18 Å². The molecule has 1 aromatic carbocycles. The maximum absolute atomic E-state index is 13.4. The minimum absolute atomic E-state index is 0.110. The van der Waals surface area contributed by atoms with Gasteiger partial charge >= 0.3 is 12.6 Å². The molecule has 0 amide bonds. The van der Waals surface area contributed by atoms with Gasteiger partial charge in [0.05, 0.1) is 17.1 Å². The van der Waals surface area contributed by atoms with Crippen molar-refractivity contribution in [2.24, 2.45) is 0 Å². The van der Waals surface area contributed by atoms with Crippen molar-refractivity contribution >= 4 is 21.9 Å².